The maximum absolute atomic E-state index is 12.8. The minimum atomic E-state index is -0.157. The molecule has 124 valence electrons. The normalized spacial score (nSPS) is 18.7. The van der Waals surface area contributed by atoms with Gasteiger partial charge in [0, 0.05) is 37.7 Å². The van der Waals surface area contributed by atoms with E-state index in [-0.39, 0.29) is 11.8 Å². The van der Waals surface area contributed by atoms with Crippen LogP contribution in [-0.4, -0.2) is 54.5 Å². The molecule has 3 heterocycles. The predicted octanol–water partition coefficient (Wildman–Crippen LogP) is 2.35. The van der Waals surface area contributed by atoms with Crippen molar-refractivity contribution >= 4 is 28.7 Å². The van der Waals surface area contributed by atoms with Crippen molar-refractivity contribution in [1.29, 1.82) is 0 Å². The third-order valence-corrected chi connectivity index (χ3v) is 5.10. The molecule has 6 heteroatoms. The molecule has 0 aliphatic carbocycles. The monoisotopic (exact) mass is 334 g/mol. The fourth-order valence-corrected chi connectivity index (χ4v) is 3.88. The molecule has 0 spiro atoms. The number of hydrogen-bond acceptors (Lipinski definition) is 5. The van der Waals surface area contributed by atoms with E-state index in [1.807, 2.05) is 24.4 Å². The second-order valence-corrected chi connectivity index (χ2v) is 6.66. The Balaban J connectivity index is 1.84. The summed E-state index contributed by atoms with van der Waals surface area (Å²) in [4.78, 5) is 30.0. The molecule has 2 aliphatic heterocycles. The lowest BCUT2D eigenvalue weighted by molar-refractivity contribution is -0.137. The van der Waals surface area contributed by atoms with Crippen LogP contribution in [-0.2, 0) is 14.3 Å². The van der Waals surface area contributed by atoms with Gasteiger partial charge < -0.3 is 9.64 Å². The van der Waals surface area contributed by atoms with Gasteiger partial charge in [0.25, 0.3) is 11.8 Å². The first kappa shape index (κ1) is 16.2. The van der Waals surface area contributed by atoms with Crippen LogP contribution in [0.3, 0.4) is 0 Å². The van der Waals surface area contributed by atoms with Crippen LogP contribution in [0.5, 0.6) is 0 Å². The highest BCUT2D eigenvalue weighted by Crippen LogP contribution is 2.35. The predicted molar refractivity (Wildman–Crippen MR) is 89.9 cm³/mol. The molecule has 0 atom stereocenters. The lowest BCUT2D eigenvalue weighted by Crippen LogP contribution is -2.35. The van der Waals surface area contributed by atoms with E-state index in [2.05, 4.69) is 4.90 Å². The van der Waals surface area contributed by atoms with Gasteiger partial charge in [0.05, 0.1) is 5.57 Å². The summed E-state index contributed by atoms with van der Waals surface area (Å²) in [7, 11) is 0. The molecular formula is C17H22N2O3S. The van der Waals surface area contributed by atoms with Crippen molar-refractivity contribution in [3.63, 3.8) is 0 Å². The minimum Gasteiger partial charge on any atom is -0.382 e. The van der Waals surface area contributed by atoms with Gasteiger partial charge in [-0.25, -0.2) is 0 Å². The lowest BCUT2D eigenvalue weighted by Gasteiger charge is -2.20. The van der Waals surface area contributed by atoms with Crippen molar-refractivity contribution in [3.8, 4) is 0 Å². The molecule has 0 aromatic carbocycles. The Morgan fingerprint density at radius 2 is 2.00 bits per heavy atom. The van der Waals surface area contributed by atoms with Crippen LogP contribution in [0.4, 0.5) is 0 Å². The second kappa shape index (κ2) is 7.27. The van der Waals surface area contributed by atoms with Gasteiger partial charge in [-0.15, -0.1) is 11.3 Å². The topological polar surface area (TPSA) is 49.9 Å². The van der Waals surface area contributed by atoms with Crippen LogP contribution in [0.15, 0.2) is 23.2 Å². The first-order valence-corrected chi connectivity index (χ1v) is 9.09. The third-order valence-electron chi connectivity index (χ3n) is 4.21. The zero-order valence-electron chi connectivity index (χ0n) is 13.4. The van der Waals surface area contributed by atoms with E-state index >= 15 is 0 Å². The smallest absolute Gasteiger partial charge is 0.277 e. The highest BCUT2D eigenvalue weighted by Gasteiger charge is 2.42. The molecule has 1 fully saturated rings. The van der Waals surface area contributed by atoms with Crippen molar-refractivity contribution in [1.82, 2.24) is 9.80 Å². The Kier molecular flexibility index (Phi) is 5.13. The van der Waals surface area contributed by atoms with E-state index in [9.17, 15) is 9.59 Å². The highest BCUT2D eigenvalue weighted by atomic mass is 32.1. The van der Waals surface area contributed by atoms with E-state index in [1.54, 1.807) is 0 Å². The number of thiophene rings is 1. The standard InChI is InChI=1S/C17H22N2O3S/c1-2-22-11-6-10-19-16(20)14(13-7-5-12-23-13)15(17(19)21)18-8-3-4-9-18/h5,7,12H,2-4,6,8-11H2,1H3. The summed E-state index contributed by atoms with van der Waals surface area (Å²) >= 11 is 1.51. The molecule has 0 radical (unpaired) electrons. The van der Waals surface area contributed by atoms with Crippen LogP contribution >= 0.6 is 11.3 Å². The summed E-state index contributed by atoms with van der Waals surface area (Å²) in [6.45, 7) is 5.30. The molecule has 1 aromatic rings. The number of hydrogen-bond donors (Lipinski definition) is 0. The molecule has 1 aromatic heterocycles. The summed E-state index contributed by atoms with van der Waals surface area (Å²) in [5, 5.41) is 1.94. The first-order valence-electron chi connectivity index (χ1n) is 8.21. The van der Waals surface area contributed by atoms with Crippen molar-refractivity contribution in [2.24, 2.45) is 0 Å². The summed E-state index contributed by atoms with van der Waals surface area (Å²) in [6, 6.07) is 3.84. The van der Waals surface area contributed by atoms with Gasteiger partial charge in [-0.3, -0.25) is 14.5 Å². The number of imide groups is 1. The Hall–Kier alpha value is -1.66. The molecule has 0 unspecified atom stereocenters. The van der Waals surface area contributed by atoms with Gasteiger partial charge >= 0.3 is 0 Å². The van der Waals surface area contributed by atoms with Crippen molar-refractivity contribution in [2.45, 2.75) is 26.2 Å². The molecule has 5 nitrogen and oxygen atoms in total. The number of carbonyl (C=O) groups is 2. The molecule has 1 saturated heterocycles. The Bertz CT molecular complexity index is 603. The van der Waals surface area contributed by atoms with Gasteiger partial charge in [-0.2, -0.15) is 0 Å². The zero-order chi connectivity index (χ0) is 16.2. The van der Waals surface area contributed by atoms with E-state index in [1.165, 1.54) is 16.2 Å². The van der Waals surface area contributed by atoms with E-state index in [0.717, 1.165) is 30.8 Å². The summed E-state index contributed by atoms with van der Waals surface area (Å²) in [5.74, 6) is -0.298. The first-order chi connectivity index (χ1) is 11.2. The number of carbonyl (C=O) groups excluding carboxylic acids is 2. The van der Waals surface area contributed by atoms with Gasteiger partial charge in [0.1, 0.15) is 5.70 Å². The van der Waals surface area contributed by atoms with Crippen LogP contribution in [0.2, 0.25) is 0 Å². The van der Waals surface area contributed by atoms with Gasteiger partial charge in [-0.05, 0) is 37.6 Å². The van der Waals surface area contributed by atoms with Crippen LogP contribution in [0.1, 0.15) is 31.1 Å². The Morgan fingerprint density at radius 1 is 1.22 bits per heavy atom. The molecule has 0 bridgehead atoms. The number of amides is 2. The van der Waals surface area contributed by atoms with Crippen molar-refractivity contribution in [2.75, 3.05) is 32.8 Å². The Labute approximate surface area is 140 Å². The minimum absolute atomic E-state index is 0.142. The van der Waals surface area contributed by atoms with Gasteiger partial charge in [0.2, 0.25) is 0 Å². The van der Waals surface area contributed by atoms with Crippen LogP contribution < -0.4 is 0 Å². The third kappa shape index (κ3) is 3.19. The van der Waals surface area contributed by atoms with Crippen molar-refractivity contribution in [3.05, 3.63) is 28.1 Å². The van der Waals surface area contributed by atoms with Crippen molar-refractivity contribution < 1.29 is 14.3 Å². The van der Waals surface area contributed by atoms with Gasteiger partial charge in [0.15, 0.2) is 0 Å². The average Bonchev–Trinajstić information content (AvgIpc) is 3.27. The molecule has 2 amide bonds. The zero-order valence-corrected chi connectivity index (χ0v) is 14.2. The molecule has 0 saturated carbocycles. The van der Waals surface area contributed by atoms with E-state index in [4.69, 9.17) is 4.74 Å². The van der Waals surface area contributed by atoms with E-state index < -0.39 is 0 Å². The Morgan fingerprint density at radius 3 is 2.65 bits per heavy atom. The fraction of sp³-hybridized carbons (Fsp3) is 0.529. The average molecular weight is 334 g/mol. The number of rotatable bonds is 7. The van der Waals surface area contributed by atoms with Crippen LogP contribution in [0, 0.1) is 0 Å². The summed E-state index contributed by atoms with van der Waals surface area (Å²) in [5.41, 5.74) is 1.19. The number of likely N-dealkylation sites (tertiary alicyclic amines) is 1. The SMILES string of the molecule is CCOCCCN1C(=O)C(c2cccs2)=C(N2CCCC2)C1=O. The lowest BCUT2D eigenvalue weighted by atomic mass is 10.2. The quantitative estimate of drug-likeness (QED) is 0.567. The second-order valence-electron chi connectivity index (χ2n) is 5.71. The maximum Gasteiger partial charge on any atom is 0.277 e. The number of ether oxygens (including phenoxy) is 1. The van der Waals surface area contributed by atoms with Gasteiger partial charge in [-0.1, -0.05) is 6.07 Å². The fourth-order valence-electron chi connectivity index (χ4n) is 3.11. The molecule has 2 aliphatic rings. The largest absolute Gasteiger partial charge is 0.382 e. The summed E-state index contributed by atoms with van der Waals surface area (Å²) < 4.78 is 5.32. The van der Waals surface area contributed by atoms with E-state index in [0.29, 0.717) is 37.4 Å². The molecule has 3 rings (SSSR count). The van der Waals surface area contributed by atoms with Crippen LogP contribution in [0.25, 0.3) is 5.57 Å². The maximum atomic E-state index is 12.8. The molecule has 0 N–H and O–H groups in total. The summed E-state index contributed by atoms with van der Waals surface area (Å²) in [6.07, 6.45) is 2.83. The number of nitrogens with zero attached hydrogens (tertiary/aromatic N) is 2. The molecular weight excluding hydrogens is 312 g/mol. The highest BCUT2D eigenvalue weighted by molar-refractivity contribution is 7.11. The molecule has 23 heavy (non-hydrogen) atoms.